The van der Waals surface area contributed by atoms with Crippen LogP contribution in [0, 0.1) is 5.41 Å². The maximum atomic E-state index is 11.4. The van der Waals surface area contributed by atoms with Crippen LogP contribution in [0.1, 0.15) is 53.9 Å². The molecule has 1 aliphatic carbocycles. The molecule has 0 bridgehead atoms. The van der Waals surface area contributed by atoms with E-state index in [0.29, 0.717) is 16.4 Å². The first kappa shape index (κ1) is 12.1. The zero-order chi connectivity index (χ0) is 11.0. The number of rotatable bonds is 1. The first-order valence-electron chi connectivity index (χ1n) is 5.40. The number of hydrogen-bond donors (Lipinski definition) is 0. The molecule has 0 aromatic rings. The predicted molar refractivity (Wildman–Crippen MR) is 63.8 cm³/mol. The molecule has 1 atom stereocenters. The van der Waals surface area contributed by atoms with Crippen LogP contribution in [0.5, 0.6) is 0 Å². The Morgan fingerprint density at radius 1 is 1.36 bits per heavy atom. The predicted octanol–water partition coefficient (Wildman–Crippen LogP) is 3.67. The number of Topliss-reactive ketones (excluding diaryl/α,β-unsaturated/α-hetero) is 1. The Morgan fingerprint density at radius 3 is 2.43 bits per heavy atom. The van der Waals surface area contributed by atoms with Gasteiger partial charge in [0, 0.05) is 22.8 Å². The first-order chi connectivity index (χ1) is 6.21. The van der Waals surface area contributed by atoms with Crippen molar-refractivity contribution in [3.8, 4) is 0 Å². The second-order valence-electron chi connectivity index (χ2n) is 5.95. The molecule has 14 heavy (non-hydrogen) atoms. The van der Waals surface area contributed by atoms with Gasteiger partial charge < -0.3 is 0 Å². The molecule has 0 spiro atoms. The largest absolute Gasteiger partial charge is 0.300 e. The van der Waals surface area contributed by atoms with Crippen LogP contribution in [-0.4, -0.2) is 15.8 Å². The van der Waals surface area contributed by atoms with Crippen molar-refractivity contribution in [3.05, 3.63) is 0 Å². The van der Waals surface area contributed by atoms with Gasteiger partial charge in [0.05, 0.1) is 0 Å². The minimum atomic E-state index is 0.263. The van der Waals surface area contributed by atoms with Gasteiger partial charge in [0.25, 0.3) is 0 Å². The van der Waals surface area contributed by atoms with Crippen LogP contribution in [0.15, 0.2) is 0 Å². The van der Waals surface area contributed by atoms with Crippen molar-refractivity contribution in [2.75, 3.05) is 0 Å². The van der Waals surface area contributed by atoms with Gasteiger partial charge in [-0.25, -0.2) is 0 Å². The summed E-state index contributed by atoms with van der Waals surface area (Å²) in [5.41, 5.74) is 0.325. The Labute approximate surface area is 92.0 Å². The molecular formula is C12H22OS. The second-order valence-corrected chi connectivity index (χ2v) is 7.98. The lowest BCUT2D eigenvalue weighted by Gasteiger charge is -2.40. The fourth-order valence-corrected chi connectivity index (χ4v) is 3.40. The number of hydrogen-bond acceptors (Lipinski definition) is 2. The van der Waals surface area contributed by atoms with Gasteiger partial charge in [0.15, 0.2) is 0 Å². The summed E-state index contributed by atoms with van der Waals surface area (Å²) in [6.45, 7) is 11.3. The van der Waals surface area contributed by atoms with Gasteiger partial charge in [0.1, 0.15) is 5.78 Å². The van der Waals surface area contributed by atoms with Crippen molar-refractivity contribution < 1.29 is 4.79 Å². The Balaban J connectivity index is 2.68. The third-order valence-corrected chi connectivity index (χ3v) is 4.63. The maximum absolute atomic E-state index is 11.4. The third kappa shape index (κ3) is 3.30. The lowest BCUT2D eigenvalue weighted by atomic mass is 9.76. The summed E-state index contributed by atoms with van der Waals surface area (Å²) in [5.74, 6) is 0.450. The van der Waals surface area contributed by atoms with E-state index in [1.165, 1.54) is 0 Å². The van der Waals surface area contributed by atoms with Crippen LogP contribution < -0.4 is 0 Å². The number of ketones is 1. The van der Waals surface area contributed by atoms with Gasteiger partial charge in [-0.15, -0.1) is 0 Å². The van der Waals surface area contributed by atoms with Crippen molar-refractivity contribution in [2.24, 2.45) is 5.41 Å². The Bertz CT molecular complexity index is 225. The molecule has 1 unspecified atom stereocenters. The van der Waals surface area contributed by atoms with Crippen LogP contribution in [0.4, 0.5) is 0 Å². The molecule has 0 aromatic carbocycles. The standard InChI is InChI=1S/C12H22OS/c1-11(2,3)14-10-8-9(13)6-7-12(10,4)5/h10H,6-8H2,1-5H3. The zero-order valence-corrected chi connectivity index (χ0v) is 10.8. The van der Waals surface area contributed by atoms with Gasteiger partial charge in [-0.05, 0) is 11.8 Å². The topological polar surface area (TPSA) is 17.1 Å². The molecule has 82 valence electrons. The summed E-state index contributed by atoms with van der Waals surface area (Å²) in [7, 11) is 0. The van der Waals surface area contributed by atoms with Crippen LogP contribution in [0.3, 0.4) is 0 Å². The molecule has 0 aliphatic heterocycles. The van der Waals surface area contributed by atoms with E-state index in [2.05, 4.69) is 34.6 Å². The highest BCUT2D eigenvalue weighted by Crippen LogP contribution is 2.45. The zero-order valence-electron chi connectivity index (χ0n) is 10.0. The van der Waals surface area contributed by atoms with Crippen LogP contribution in [0.2, 0.25) is 0 Å². The summed E-state index contributed by atoms with van der Waals surface area (Å²) in [6, 6.07) is 0. The fraction of sp³-hybridized carbons (Fsp3) is 0.917. The SMILES string of the molecule is CC(C)(C)SC1CC(=O)CCC1(C)C. The minimum absolute atomic E-state index is 0.263. The van der Waals surface area contributed by atoms with E-state index in [-0.39, 0.29) is 4.75 Å². The molecule has 1 rings (SSSR count). The van der Waals surface area contributed by atoms with Crippen molar-refractivity contribution in [1.29, 1.82) is 0 Å². The molecule has 0 saturated heterocycles. The number of thioether (sulfide) groups is 1. The average molecular weight is 214 g/mol. The molecule has 1 fully saturated rings. The molecule has 0 heterocycles. The van der Waals surface area contributed by atoms with Gasteiger partial charge >= 0.3 is 0 Å². The van der Waals surface area contributed by atoms with E-state index in [4.69, 9.17) is 0 Å². The highest BCUT2D eigenvalue weighted by molar-refractivity contribution is 8.01. The van der Waals surface area contributed by atoms with Crippen LogP contribution in [-0.2, 0) is 4.79 Å². The summed E-state index contributed by atoms with van der Waals surface area (Å²) >= 11 is 1.97. The lowest BCUT2D eigenvalue weighted by Crippen LogP contribution is -2.36. The van der Waals surface area contributed by atoms with Crippen LogP contribution in [0.25, 0.3) is 0 Å². The minimum Gasteiger partial charge on any atom is -0.300 e. The van der Waals surface area contributed by atoms with E-state index in [1.54, 1.807) is 0 Å². The normalized spacial score (nSPS) is 27.8. The van der Waals surface area contributed by atoms with Gasteiger partial charge in [-0.2, -0.15) is 11.8 Å². The number of carbonyl (C=O) groups is 1. The van der Waals surface area contributed by atoms with Crippen molar-refractivity contribution in [2.45, 2.75) is 63.9 Å². The molecular weight excluding hydrogens is 192 g/mol. The van der Waals surface area contributed by atoms with E-state index < -0.39 is 0 Å². The fourth-order valence-electron chi connectivity index (χ4n) is 1.84. The van der Waals surface area contributed by atoms with Crippen molar-refractivity contribution >= 4 is 17.5 Å². The second kappa shape index (κ2) is 3.88. The quantitative estimate of drug-likeness (QED) is 0.662. The molecule has 0 amide bonds. The summed E-state index contributed by atoms with van der Waals surface area (Å²) < 4.78 is 0.263. The van der Waals surface area contributed by atoms with Gasteiger partial charge in [-0.1, -0.05) is 34.6 Å². The van der Waals surface area contributed by atoms with E-state index >= 15 is 0 Å². The third-order valence-electron chi connectivity index (χ3n) is 2.83. The van der Waals surface area contributed by atoms with Crippen molar-refractivity contribution in [3.63, 3.8) is 0 Å². The highest BCUT2D eigenvalue weighted by Gasteiger charge is 2.38. The molecule has 1 aliphatic rings. The summed E-state index contributed by atoms with van der Waals surface area (Å²) in [4.78, 5) is 11.4. The smallest absolute Gasteiger partial charge is 0.134 e. The van der Waals surface area contributed by atoms with Gasteiger partial charge in [-0.3, -0.25) is 4.79 Å². The van der Waals surface area contributed by atoms with E-state index in [9.17, 15) is 4.79 Å². The monoisotopic (exact) mass is 214 g/mol. The maximum Gasteiger partial charge on any atom is 0.134 e. The molecule has 0 aromatic heterocycles. The average Bonchev–Trinajstić information content (AvgIpc) is 1.95. The number of carbonyl (C=O) groups excluding carboxylic acids is 1. The van der Waals surface area contributed by atoms with Crippen LogP contribution >= 0.6 is 11.8 Å². The Hall–Kier alpha value is 0.0200. The lowest BCUT2D eigenvalue weighted by molar-refractivity contribution is -0.121. The molecule has 0 N–H and O–H groups in total. The molecule has 1 nitrogen and oxygen atoms in total. The van der Waals surface area contributed by atoms with E-state index in [1.807, 2.05) is 11.8 Å². The molecule has 1 saturated carbocycles. The van der Waals surface area contributed by atoms with Gasteiger partial charge in [0.2, 0.25) is 0 Å². The Morgan fingerprint density at radius 2 is 1.93 bits per heavy atom. The molecule has 0 radical (unpaired) electrons. The summed E-state index contributed by atoms with van der Waals surface area (Å²) in [5, 5.41) is 0.503. The molecule has 2 heteroatoms. The van der Waals surface area contributed by atoms with Crippen molar-refractivity contribution in [1.82, 2.24) is 0 Å². The Kier molecular flexibility index (Phi) is 3.35. The first-order valence-corrected chi connectivity index (χ1v) is 6.28. The highest BCUT2D eigenvalue weighted by atomic mass is 32.2. The summed E-state index contributed by atoms with van der Waals surface area (Å²) in [6.07, 6.45) is 2.61. The van der Waals surface area contributed by atoms with E-state index in [0.717, 1.165) is 19.3 Å².